The first-order chi connectivity index (χ1) is 20.6. The van der Waals surface area contributed by atoms with E-state index in [0.29, 0.717) is 33.8 Å². The fourth-order valence-electron chi connectivity index (χ4n) is 6.33. The van der Waals surface area contributed by atoms with Crippen molar-refractivity contribution in [3.05, 3.63) is 69.3 Å². The van der Waals surface area contributed by atoms with Gasteiger partial charge in [0.15, 0.2) is 0 Å². The quantitative estimate of drug-likeness (QED) is 0.198. The fourth-order valence-corrected chi connectivity index (χ4v) is 6.87. The van der Waals surface area contributed by atoms with Gasteiger partial charge in [0.2, 0.25) is 0 Å². The number of carboxylic acid groups (broad SMARTS) is 1. The van der Waals surface area contributed by atoms with Crippen molar-refractivity contribution in [2.75, 3.05) is 0 Å². The van der Waals surface area contributed by atoms with Crippen LogP contribution >= 0.6 is 23.2 Å². The molecule has 0 spiro atoms. The number of benzene rings is 1. The third-order valence-electron chi connectivity index (χ3n) is 9.09. The number of nitrogens with zero attached hydrogens (tertiary/aromatic N) is 3. The Morgan fingerprint density at radius 1 is 1.19 bits per heavy atom. The topological polar surface area (TPSA) is 90.4 Å². The third-order valence-corrected chi connectivity index (χ3v) is 9.66. The highest BCUT2D eigenvalue weighted by Crippen LogP contribution is 2.48. The fraction of sp³-hybridized carbons (Fsp3) is 0.441. The second-order valence-electron chi connectivity index (χ2n) is 12.3. The number of carboxylic acids is 1. The molecule has 0 unspecified atom stereocenters. The van der Waals surface area contributed by atoms with Crippen molar-refractivity contribution in [3.63, 3.8) is 0 Å². The highest BCUT2D eigenvalue weighted by molar-refractivity contribution is 6.38. The summed E-state index contributed by atoms with van der Waals surface area (Å²) in [5, 5.41) is 15.6. The smallest absolute Gasteiger partial charge is 0.335 e. The highest BCUT2D eigenvalue weighted by Gasteiger charge is 2.41. The van der Waals surface area contributed by atoms with Crippen LogP contribution in [0.5, 0.6) is 0 Å². The zero-order valence-electron chi connectivity index (χ0n) is 24.7. The Kier molecular flexibility index (Phi) is 8.06. The molecule has 9 heteroatoms. The van der Waals surface area contributed by atoms with E-state index < -0.39 is 5.97 Å². The van der Waals surface area contributed by atoms with Gasteiger partial charge in [-0.2, -0.15) is 0 Å². The zero-order chi connectivity index (χ0) is 30.4. The predicted octanol–water partition coefficient (Wildman–Crippen LogP) is 8.80. The van der Waals surface area contributed by atoms with Gasteiger partial charge in [0.25, 0.3) is 0 Å². The standard InChI is InChI=1S/C34H35Cl2N3O4/c1-4-10-34(42-20-25-30(38-43-31(25)21-5-6-21)29-26(35)17-37-18-27(29)36)14-12-33(2,13-15-34)11-9-23-19-39(3)28-16-22(32(40)41)7-8-24(23)28/h7-8,16-19,21H,4-6,10,12-15,20H2,1-3H3,(H,40,41). The lowest BCUT2D eigenvalue weighted by Crippen LogP contribution is -2.40. The largest absolute Gasteiger partial charge is 0.478 e. The molecule has 0 amide bonds. The second kappa shape index (κ2) is 11.6. The molecule has 3 heterocycles. The Morgan fingerprint density at radius 3 is 2.56 bits per heavy atom. The van der Waals surface area contributed by atoms with Gasteiger partial charge in [-0.3, -0.25) is 4.98 Å². The minimum absolute atomic E-state index is 0.149. The van der Waals surface area contributed by atoms with Crippen LogP contribution in [-0.4, -0.2) is 31.4 Å². The van der Waals surface area contributed by atoms with E-state index in [0.717, 1.165) is 79.2 Å². The van der Waals surface area contributed by atoms with Crippen molar-refractivity contribution in [2.45, 2.75) is 83.3 Å². The number of aryl methyl sites for hydroxylation is 1. The molecular weight excluding hydrogens is 585 g/mol. The first kappa shape index (κ1) is 29.7. The van der Waals surface area contributed by atoms with Crippen LogP contribution in [-0.2, 0) is 18.4 Å². The van der Waals surface area contributed by atoms with Crippen LogP contribution in [0.3, 0.4) is 0 Å². The van der Waals surface area contributed by atoms with E-state index >= 15 is 0 Å². The average Bonchev–Trinajstić information content (AvgIpc) is 3.67. The number of aromatic carboxylic acids is 1. The first-order valence-corrected chi connectivity index (χ1v) is 15.6. The van der Waals surface area contributed by atoms with Gasteiger partial charge >= 0.3 is 5.97 Å². The Bertz CT molecular complexity index is 1730. The minimum atomic E-state index is -0.933. The number of pyridine rings is 1. The predicted molar refractivity (Wildman–Crippen MR) is 167 cm³/mol. The number of rotatable bonds is 8. The summed E-state index contributed by atoms with van der Waals surface area (Å²) in [5.74, 6) is 7.32. The van der Waals surface area contributed by atoms with Crippen molar-refractivity contribution in [3.8, 4) is 23.1 Å². The van der Waals surface area contributed by atoms with Gasteiger partial charge in [-0.15, -0.1) is 0 Å². The monoisotopic (exact) mass is 619 g/mol. The van der Waals surface area contributed by atoms with E-state index in [1.165, 1.54) is 0 Å². The van der Waals surface area contributed by atoms with Crippen molar-refractivity contribution < 1.29 is 19.2 Å². The van der Waals surface area contributed by atoms with E-state index in [1.807, 2.05) is 23.9 Å². The van der Waals surface area contributed by atoms with Gasteiger partial charge in [0, 0.05) is 59.0 Å². The van der Waals surface area contributed by atoms with Crippen LogP contribution in [0.4, 0.5) is 0 Å². The SMILES string of the molecule is CCCC1(OCc2c(-c3c(Cl)cncc3Cl)noc2C2CC2)CCC(C)(C#Cc2cn(C)c3cc(C(=O)O)ccc23)CC1. The van der Waals surface area contributed by atoms with Crippen molar-refractivity contribution in [1.29, 1.82) is 0 Å². The van der Waals surface area contributed by atoms with Gasteiger partial charge in [-0.1, -0.05) is 59.6 Å². The number of hydrogen-bond donors (Lipinski definition) is 1. The Balaban J connectivity index is 1.21. The molecule has 0 saturated heterocycles. The molecular formula is C34H35Cl2N3O4. The van der Waals surface area contributed by atoms with E-state index in [-0.39, 0.29) is 16.6 Å². The maximum absolute atomic E-state index is 11.4. The number of fused-ring (bicyclic) bond motifs is 1. The lowest BCUT2D eigenvalue weighted by atomic mass is 9.68. The number of ether oxygens (including phenoxy) is 1. The summed E-state index contributed by atoms with van der Waals surface area (Å²) in [4.78, 5) is 15.5. The van der Waals surface area contributed by atoms with Gasteiger partial charge in [-0.05, 0) is 64.0 Å². The summed E-state index contributed by atoms with van der Waals surface area (Å²) < 4.78 is 14.7. The molecule has 6 rings (SSSR count). The Labute approximate surface area is 261 Å². The lowest BCUT2D eigenvalue weighted by molar-refractivity contribution is -0.0984. The molecule has 224 valence electrons. The normalized spacial score (nSPS) is 22.0. The van der Waals surface area contributed by atoms with E-state index in [4.69, 9.17) is 32.5 Å². The second-order valence-corrected chi connectivity index (χ2v) is 13.2. The highest BCUT2D eigenvalue weighted by atomic mass is 35.5. The molecule has 1 aromatic carbocycles. The molecule has 0 atom stereocenters. The molecule has 4 aromatic rings. The molecule has 2 aliphatic rings. The van der Waals surface area contributed by atoms with E-state index in [9.17, 15) is 9.90 Å². The molecule has 3 aromatic heterocycles. The van der Waals surface area contributed by atoms with Gasteiger partial charge in [-0.25, -0.2) is 4.79 Å². The molecule has 0 radical (unpaired) electrons. The lowest BCUT2D eigenvalue weighted by Gasteiger charge is -2.43. The van der Waals surface area contributed by atoms with Crippen molar-refractivity contribution in [2.24, 2.45) is 12.5 Å². The van der Waals surface area contributed by atoms with Crippen molar-refractivity contribution >= 4 is 40.1 Å². The Hall–Kier alpha value is -3.31. The van der Waals surface area contributed by atoms with Crippen LogP contribution in [0.1, 0.15) is 98.4 Å². The molecule has 2 aliphatic carbocycles. The summed E-state index contributed by atoms with van der Waals surface area (Å²) in [5.41, 5.74) is 3.85. The number of carbonyl (C=O) groups is 1. The van der Waals surface area contributed by atoms with E-state index in [1.54, 1.807) is 24.5 Å². The number of aromatic nitrogens is 3. The van der Waals surface area contributed by atoms with Crippen LogP contribution in [0.25, 0.3) is 22.2 Å². The number of halogens is 2. The summed E-state index contributed by atoms with van der Waals surface area (Å²) >= 11 is 13.0. The van der Waals surface area contributed by atoms with Gasteiger partial charge < -0.3 is 18.9 Å². The summed E-state index contributed by atoms with van der Waals surface area (Å²) in [6, 6.07) is 5.20. The van der Waals surface area contributed by atoms with Gasteiger partial charge in [0.1, 0.15) is 11.5 Å². The van der Waals surface area contributed by atoms with Crippen LogP contribution in [0, 0.1) is 17.3 Å². The molecule has 2 saturated carbocycles. The average molecular weight is 621 g/mol. The number of hydrogen-bond acceptors (Lipinski definition) is 5. The zero-order valence-corrected chi connectivity index (χ0v) is 26.2. The van der Waals surface area contributed by atoms with Crippen molar-refractivity contribution in [1.82, 2.24) is 14.7 Å². The summed E-state index contributed by atoms with van der Waals surface area (Å²) in [7, 11) is 1.92. The van der Waals surface area contributed by atoms with Gasteiger partial charge in [0.05, 0.1) is 33.4 Å². The van der Waals surface area contributed by atoms with Crippen LogP contribution in [0.15, 0.2) is 41.3 Å². The summed E-state index contributed by atoms with van der Waals surface area (Å²) in [6.45, 7) is 4.82. The molecule has 2 fully saturated rings. The van der Waals surface area contributed by atoms with Crippen LogP contribution < -0.4 is 0 Å². The Morgan fingerprint density at radius 2 is 1.91 bits per heavy atom. The minimum Gasteiger partial charge on any atom is -0.478 e. The van der Waals surface area contributed by atoms with Crippen LogP contribution in [0.2, 0.25) is 10.0 Å². The molecule has 0 aliphatic heterocycles. The maximum atomic E-state index is 11.4. The molecule has 1 N–H and O–H groups in total. The maximum Gasteiger partial charge on any atom is 0.335 e. The summed E-state index contributed by atoms with van der Waals surface area (Å²) in [6.07, 6.45) is 12.9. The first-order valence-electron chi connectivity index (χ1n) is 14.9. The molecule has 7 nitrogen and oxygen atoms in total. The van der Waals surface area contributed by atoms with E-state index in [2.05, 4.69) is 35.8 Å². The molecule has 0 bridgehead atoms. The third kappa shape index (κ3) is 5.93. The molecule has 43 heavy (non-hydrogen) atoms.